The van der Waals surface area contributed by atoms with Crippen molar-refractivity contribution >= 4 is 17.3 Å². The zero-order valence-electron chi connectivity index (χ0n) is 11.1. The van der Waals surface area contributed by atoms with Crippen molar-refractivity contribution in [3.05, 3.63) is 36.2 Å². The maximum absolute atomic E-state index is 11.3. The summed E-state index contributed by atoms with van der Waals surface area (Å²) in [4.78, 5) is 15.5. The number of oxazole rings is 1. The Morgan fingerprint density at radius 2 is 2.10 bits per heavy atom. The molecule has 8 heteroatoms. The summed E-state index contributed by atoms with van der Waals surface area (Å²) in [7, 11) is 0. The van der Waals surface area contributed by atoms with Gasteiger partial charge < -0.3 is 17.9 Å². The number of esters is 1. The van der Waals surface area contributed by atoms with Gasteiger partial charge in [-0.3, -0.25) is 4.79 Å². The van der Waals surface area contributed by atoms with Crippen LogP contribution in [0.15, 0.2) is 34.9 Å². The first-order chi connectivity index (χ1) is 10.1. The third-order valence-electron chi connectivity index (χ3n) is 2.45. The van der Waals surface area contributed by atoms with Crippen LogP contribution in [0.3, 0.4) is 0 Å². The van der Waals surface area contributed by atoms with E-state index in [-0.39, 0.29) is 18.1 Å². The van der Waals surface area contributed by atoms with Crippen molar-refractivity contribution in [1.29, 1.82) is 0 Å². The largest absolute Gasteiger partial charge is 0.740 e. The number of nitrogens with zero attached hydrogens (tertiary/aromatic N) is 1. The SMILES string of the molecule is CCOC(=O)Cc1coc(-c2ccc(OS(=O)[O-])cc2)n1. The summed E-state index contributed by atoms with van der Waals surface area (Å²) in [5.74, 6) is 0.133. The van der Waals surface area contributed by atoms with Gasteiger partial charge in [0.25, 0.3) is 0 Å². The fourth-order valence-electron chi connectivity index (χ4n) is 1.61. The van der Waals surface area contributed by atoms with Crippen LogP contribution in [-0.2, 0) is 27.3 Å². The molecular formula is C13H12NO6S-. The van der Waals surface area contributed by atoms with E-state index in [1.165, 1.54) is 18.4 Å². The molecule has 7 nitrogen and oxygen atoms in total. The van der Waals surface area contributed by atoms with Crippen LogP contribution in [0.2, 0.25) is 0 Å². The number of rotatable bonds is 6. The van der Waals surface area contributed by atoms with Gasteiger partial charge in [-0.25, -0.2) is 9.19 Å². The second-order valence-corrected chi connectivity index (χ2v) is 4.51. The molecule has 1 heterocycles. The predicted molar refractivity (Wildman–Crippen MR) is 71.8 cm³/mol. The molecule has 2 rings (SSSR count). The molecule has 0 bridgehead atoms. The summed E-state index contributed by atoms with van der Waals surface area (Å²) in [5.41, 5.74) is 1.10. The van der Waals surface area contributed by atoms with Gasteiger partial charge in [0.15, 0.2) is 0 Å². The van der Waals surface area contributed by atoms with Crippen LogP contribution >= 0.6 is 0 Å². The highest BCUT2D eigenvalue weighted by atomic mass is 32.2. The molecule has 0 aliphatic rings. The summed E-state index contributed by atoms with van der Waals surface area (Å²) in [5, 5.41) is 0. The Labute approximate surface area is 123 Å². The van der Waals surface area contributed by atoms with Gasteiger partial charge in [0, 0.05) is 5.56 Å². The lowest BCUT2D eigenvalue weighted by atomic mass is 10.2. The molecule has 2 aromatic rings. The van der Waals surface area contributed by atoms with Crippen molar-refractivity contribution in [3.63, 3.8) is 0 Å². The molecule has 0 aliphatic heterocycles. The number of hydrogen-bond donors (Lipinski definition) is 0. The zero-order valence-corrected chi connectivity index (χ0v) is 11.9. The number of carbonyl (C=O) groups is 1. The fourth-order valence-corrected chi connectivity index (χ4v) is 1.88. The van der Waals surface area contributed by atoms with E-state index < -0.39 is 11.4 Å². The number of hydrogen-bond acceptors (Lipinski definition) is 7. The molecule has 0 saturated heterocycles. The van der Waals surface area contributed by atoms with Crippen molar-refractivity contribution in [3.8, 4) is 17.2 Å². The van der Waals surface area contributed by atoms with E-state index in [1.54, 1.807) is 19.1 Å². The molecule has 0 fully saturated rings. The van der Waals surface area contributed by atoms with E-state index in [4.69, 9.17) is 9.15 Å². The third-order valence-corrected chi connectivity index (χ3v) is 2.78. The average molecular weight is 310 g/mol. The lowest BCUT2D eigenvalue weighted by Gasteiger charge is -2.06. The highest BCUT2D eigenvalue weighted by Crippen LogP contribution is 2.22. The Balaban J connectivity index is 2.07. The first-order valence-electron chi connectivity index (χ1n) is 6.06. The number of benzene rings is 1. The molecule has 1 aromatic heterocycles. The van der Waals surface area contributed by atoms with Gasteiger partial charge in [0.1, 0.15) is 23.4 Å². The number of carbonyl (C=O) groups excluding carboxylic acids is 1. The molecule has 0 spiro atoms. The highest BCUT2D eigenvalue weighted by Gasteiger charge is 2.11. The Morgan fingerprint density at radius 3 is 2.71 bits per heavy atom. The van der Waals surface area contributed by atoms with E-state index in [0.29, 0.717) is 23.8 Å². The first-order valence-corrected chi connectivity index (χ1v) is 7.06. The topological polar surface area (TPSA) is 102 Å². The maximum Gasteiger partial charge on any atom is 0.311 e. The van der Waals surface area contributed by atoms with Crippen molar-refractivity contribution in [1.82, 2.24) is 4.98 Å². The summed E-state index contributed by atoms with van der Waals surface area (Å²) in [6.45, 7) is 2.04. The fraction of sp³-hybridized carbons (Fsp3) is 0.231. The van der Waals surface area contributed by atoms with Crippen LogP contribution in [0, 0.1) is 0 Å². The minimum atomic E-state index is -2.61. The summed E-state index contributed by atoms with van der Waals surface area (Å²) in [6, 6.07) is 6.14. The molecule has 112 valence electrons. The molecule has 0 N–H and O–H groups in total. The van der Waals surface area contributed by atoms with Crippen molar-refractivity contribution in [2.24, 2.45) is 0 Å². The monoisotopic (exact) mass is 310 g/mol. The predicted octanol–water partition coefficient (Wildman–Crippen LogP) is 1.62. The van der Waals surface area contributed by atoms with E-state index in [2.05, 4.69) is 9.17 Å². The third kappa shape index (κ3) is 4.40. The van der Waals surface area contributed by atoms with Crippen molar-refractivity contribution in [2.75, 3.05) is 6.61 Å². The van der Waals surface area contributed by atoms with Crippen molar-refractivity contribution < 1.29 is 26.9 Å². The van der Waals surface area contributed by atoms with E-state index in [9.17, 15) is 13.6 Å². The van der Waals surface area contributed by atoms with Crippen LogP contribution in [0.5, 0.6) is 5.75 Å². The molecule has 1 unspecified atom stereocenters. The Morgan fingerprint density at radius 1 is 1.38 bits per heavy atom. The summed E-state index contributed by atoms with van der Waals surface area (Å²) in [6.07, 6.45) is 1.41. The lowest BCUT2D eigenvalue weighted by Crippen LogP contribution is -2.07. The van der Waals surface area contributed by atoms with Gasteiger partial charge >= 0.3 is 5.97 Å². The molecule has 0 amide bonds. The van der Waals surface area contributed by atoms with Crippen LogP contribution < -0.4 is 4.18 Å². The van der Waals surface area contributed by atoms with Crippen LogP contribution in [0.25, 0.3) is 11.5 Å². The van der Waals surface area contributed by atoms with E-state index in [0.717, 1.165) is 0 Å². The quantitative estimate of drug-likeness (QED) is 0.590. The second-order valence-electron chi connectivity index (χ2n) is 3.94. The summed E-state index contributed by atoms with van der Waals surface area (Å²) < 4.78 is 35.4. The lowest BCUT2D eigenvalue weighted by molar-refractivity contribution is -0.142. The Kier molecular flexibility index (Phi) is 5.07. The first kappa shape index (κ1) is 15.2. The van der Waals surface area contributed by atoms with Crippen molar-refractivity contribution in [2.45, 2.75) is 13.3 Å². The van der Waals surface area contributed by atoms with Gasteiger partial charge in [0.2, 0.25) is 5.89 Å². The van der Waals surface area contributed by atoms with E-state index >= 15 is 0 Å². The highest BCUT2D eigenvalue weighted by molar-refractivity contribution is 7.74. The van der Waals surface area contributed by atoms with Gasteiger partial charge in [0.05, 0.1) is 18.7 Å². The van der Waals surface area contributed by atoms with E-state index in [1.807, 2.05) is 0 Å². The van der Waals surface area contributed by atoms with Crippen LogP contribution in [0.1, 0.15) is 12.6 Å². The number of ether oxygens (including phenoxy) is 1. The second kappa shape index (κ2) is 7.00. The Hall–Kier alpha value is -2.19. The standard InChI is InChI=1S/C13H13NO6S/c1-2-18-12(15)7-10-8-19-13(14-10)9-3-5-11(6-4-9)20-21(16)17/h3-6,8H,2,7H2,1H3,(H,16,17)/p-1. The van der Waals surface area contributed by atoms with Crippen LogP contribution in [0.4, 0.5) is 0 Å². The molecule has 0 radical (unpaired) electrons. The zero-order chi connectivity index (χ0) is 15.2. The summed E-state index contributed by atoms with van der Waals surface area (Å²) >= 11 is -2.61. The Bertz CT molecular complexity index is 636. The van der Waals surface area contributed by atoms with Gasteiger partial charge in [-0.05, 0) is 31.2 Å². The smallest absolute Gasteiger partial charge is 0.311 e. The maximum atomic E-state index is 11.3. The minimum Gasteiger partial charge on any atom is -0.740 e. The molecule has 0 saturated carbocycles. The molecule has 0 aliphatic carbocycles. The normalized spacial score (nSPS) is 11.9. The van der Waals surface area contributed by atoms with Gasteiger partial charge in [-0.2, -0.15) is 0 Å². The van der Waals surface area contributed by atoms with Gasteiger partial charge in [-0.1, -0.05) is 0 Å². The average Bonchev–Trinajstić information content (AvgIpc) is 2.87. The van der Waals surface area contributed by atoms with Gasteiger partial charge in [-0.15, -0.1) is 0 Å². The molecule has 1 aromatic carbocycles. The molecular weight excluding hydrogens is 298 g/mol. The number of aromatic nitrogens is 1. The van der Waals surface area contributed by atoms with Crippen LogP contribution in [-0.4, -0.2) is 26.3 Å². The molecule has 21 heavy (non-hydrogen) atoms. The minimum absolute atomic E-state index is 0.0354. The molecule has 1 atom stereocenters.